The number of carbonyl (C=O) groups excluding carboxylic acids is 1. The van der Waals surface area contributed by atoms with Gasteiger partial charge in [0.05, 0.1) is 12.8 Å². The number of Topliss-reactive ketones (excluding diaryl/α,β-unsaturated/α-hetero) is 1. The number of methoxy groups -OCH3 is 1. The summed E-state index contributed by atoms with van der Waals surface area (Å²) in [6.07, 6.45) is 4.24. The number of pyridine rings is 1. The molecule has 94 valence electrons. The van der Waals surface area contributed by atoms with Crippen LogP contribution in [0.3, 0.4) is 0 Å². The van der Waals surface area contributed by atoms with Gasteiger partial charge in [0.1, 0.15) is 5.75 Å². The second-order valence-electron chi connectivity index (χ2n) is 4.45. The second kappa shape index (κ2) is 4.69. The number of benzene rings is 1. The van der Waals surface area contributed by atoms with Crippen molar-refractivity contribution < 1.29 is 9.53 Å². The highest BCUT2D eigenvalue weighted by Crippen LogP contribution is 2.30. The molecule has 0 fully saturated rings. The summed E-state index contributed by atoms with van der Waals surface area (Å²) >= 11 is 0. The highest BCUT2D eigenvalue weighted by molar-refractivity contribution is 6.15. The lowest BCUT2D eigenvalue weighted by atomic mass is 10.1. The third-order valence-electron chi connectivity index (χ3n) is 3.24. The Morgan fingerprint density at radius 2 is 2.16 bits per heavy atom. The van der Waals surface area contributed by atoms with Crippen molar-refractivity contribution >= 4 is 11.9 Å². The van der Waals surface area contributed by atoms with Crippen molar-refractivity contribution in [1.82, 2.24) is 4.98 Å². The second-order valence-corrected chi connectivity index (χ2v) is 4.45. The van der Waals surface area contributed by atoms with Gasteiger partial charge in [-0.3, -0.25) is 9.78 Å². The first-order valence-electron chi connectivity index (χ1n) is 6.11. The van der Waals surface area contributed by atoms with Crippen molar-refractivity contribution in [3.8, 4) is 5.75 Å². The molecule has 1 aliphatic carbocycles. The molecule has 0 N–H and O–H groups in total. The Balaban J connectivity index is 1.97. The molecule has 0 radical (unpaired) electrons. The van der Waals surface area contributed by atoms with Crippen LogP contribution in [0, 0.1) is 0 Å². The molecule has 3 heteroatoms. The maximum Gasteiger partial charge on any atom is 0.189 e. The topological polar surface area (TPSA) is 39.2 Å². The molecule has 19 heavy (non-hydrogen) atoms. The van der Waals surface area contributed by atoms with Crippen LogP contribution in [0.1, 0.15) is 21.6 Å². The first-order valence-corrected chi connectivity index (χ1v) is 6.11. The minimum atomic E-state index is 0.0690. The number of hydrogen-bond donors (Lipinski definition) is 0. The molecular weight excluding hydrogens is 238 g/mol. The number of ketones is 1. The number of rotatable bonds is 2. The summed E-state index contributed by atoms with van der Waals surface area (Å²) in [6, 6.07) is 11.3. The van der Waals surface area contributed by atoms with Gasteiger partial charge in [-0.1, -0.05) is 12.1 Å². The summed E-state index contributed by atoms with van der Waals surface area (Å²) in [5, 5.41) is 0. The summed E-state index contributed by atoms with van der Waals surface area (Å²) < 4.78 is 5.16. The first kappa shape index (κ1) is 11.7. The van der Waals surface area contributed by atoms with Crippen molar-refractivity contribution in [3.05, 3.63) is 65.0 Å². The van der Waals surface area contributed by atoms with Crippen LogP contribution >= 0.6 is 0 Å². The van der Waals surface area contributed by atoms with Crippen LogP contribution in [0.2, 0.25) is 0 Å². The Bertz CT molecular complexity index is 660. The van der Waals surface area contributed by atoms with Gasteiger partial charge < -0.3 is 4.74 Å². The van der Waals surface area contributed by atoms with Gasteiger partial charge in [-0.15, -0.1) is 0 Å². The quantitative estimate of drug-likeness (QED) is 0.770. The predicted octanol–water partition coefficient (Wildman–Crippen LogP) is 2.91. The van der Waals surface area contributed by atoms with Gasteiger partial charge in [-0.2, -0.15) is 0 Å². The van der Waals surface area contributed by atoms with Crippen LogP contribution in [0.4, 0.5) is 0 Å². The van der Waals surface area contributed by atoms with Crippen molar-refractivity contribution in [2.45, 2.75) is 6.42 Å². The SMILES string of the molecule is COc1ccc2c(c1)C(=O)/C(=C/c1ccccn1)C2. The van der Waals surface area contributed by atoms with Crippen molar-refractivity contribution in [2.24, 2.45) is 0 Å². The summed E-state index contributed by atoms with van der Waals surface area (Å²) in [5.74, 6) is 0.783. The minimum absolute atomic E-state index is 0.0690. The minimum Gasteiger partial charge on any atom is -0.497 e. The van der Waals surface area contributed by atoms with Gasteiger partial charge in [-0.05, 0) is 35.9 Å². The molecule has 3 nitrogen and oxygen atoms in total. The standard InChI is InChI=1S/C16H13NO2/c1-19-14-6-5-11-8-12(16(18)15(11)10-14)9-13-4-2-3-7-17-13/h2-7,9-10H,8H2,1H3/b12-9+. The van der Waals surface area contributed by atoms with E-state index in [2.05, 4.69) is 4.98 Å². The molecule has 0 bridgehead atoms. The van der Waals surface area contributed by atoms with Crippen LogP contribution < -0.4 is 4.74 Å². The molecule has 0 aliphatic heterocycles. The first-order chi connectivity index (χ1) is 9.28. The third kappa shape index (κ3) is 2.15. The number of fused-ring (bicyclic) bond motifs is 1. The molecular formula is C16H13NO2. The van der Waals surface area contributed by atoms with E-state index in [-0.39, 0.29) is 5.78 Å². The fraction of sp³-hybridized carbons (Fsp3) is 0.125. The molecule has 1 aliphatic rings. The van der Waals surface area contributed by atoms with Gasteiger partial charge in [0.15, 0.2) is 5.78 Å². The van der Waals surface area contributed by atoms with Crippen molar-refractivity contribution in [1.29, 1.82) is 0 Å². The number of ether oxygens (including phenoxy) is 1. The average Bonchev–Trinajstić information content (AvgIpc) is 2.76. The molecule has 0 amide bonds. The van der Waals surface area contributed by atoms with E-state index in [1.165, 1.54) is 0 Å². The van der Waals surface area contributed by atoms with Crippen LogP contribution in [0.15, 0.2) is 48.2 Å². The Hall–Kier alpha value is -2.42. The fourth-order valence-electron chi connectivity index (χ4n) is 2.26. The van der Waals surface area contributed by atoms with Crippen LogP contribution in [0.5, 0.6) is 5.75 Å². The Morgan fingerprint density at radius 1 is 1.26 bits per heavy atom. The molecule has 0 saturated carbocycles. The Kier molecular flexibility index (Phi) is 2.88. The van der Waals surface area contributed by atoms with E-state index in [1.807, 2.05) is 36.4 Å². The molecule has 1 aromatic heterocycles. The van der Waals surface area contributed by atoms with Crippen LogP contribution in [0.25, 0.3) is 6.08 Å². The number of carbonyl (C=O) groups is 1. The van der Waals surface area contributed by atoms with E-state index in [4.69, 9.17) is 4.74 Å². The number of allylic oxidation sites excluding steroid dienone is 1. The maximum atomic E-state index is 12.3. The zero-order valence-corrected chi connectivity index (χ0v) is 10.6. The monoisotopic (exact) mass is 251 g/mol. The van der Waals surface area contributed by atoms with Gasteiger partial charge in [0.2, 0.25) is 0 Å². The van der Waals surface area contributed by atoms with Crippen molar-refractivity contribution in [3.63, 3.8) is 0 Å². The molecule has 0 atom stereocenters. The molecule has 3 rings (SSSR count). The predicted molar refractivity (Wildman–Crippen MR) is 73.2 cm³/mol. The normalized spacial score (nSPS) is 15.6. The molecule has 0 spiro atoms. The van der Waals surface area contributed by atoms with Crippen LogP contribution in [-0.2, 0) is 6.42 Å². The largest absolute Gasteiger partial charge is 0.497 e. The number of nitrogens with zero attached hydrogens (tertiary/aromatic N) is 1. The summed E-state index contributed by atoms with van der Waals surface area (Å²) in [5.41, 5.74) is 3.38. The maximum absolute atomic E-state index is 12.3. The lowest BCUT2D eigenvalue weighted by Gasteiger charge is -2.01. The van der Waals surface area contributed by atoms with Crippen molar-refractivity contribution in [2.75, 3.05) is 7.11 Å². The molecule has 0 unspecified atom stereocenters. The van der Waals surface area contributed by atoms with E-state index in [0.29, 0.717) is 12.2 Å². The smallest absolute Gasteiger partial charge is 0.189 e. The molecule has 1 aromatic carbocycles. The lowest BCUT2D eigenvalue weighted by molar-refractivity contribution is 0.104. The van der Waals surface area contributed by atoms with E-state index in [0.717, 1.165) is 22.4 Å². The van der Waals surface area contributed by atoms with Crippen LogP contribution in [-0.4, -0.2) is 17.9 Å². The van der Waals surface area contributed by atoms with Gasteiger partial charge >= 0.3 is 0 Å². The zero-order chi connectivity index (χ0) is 13.2. The van der Waals surface area contributed by atoms with E-state index in [1.54, 1.807) is 19.4 Å². The average molecular weight is 251 g/mol. The Labute approximate surface area is 111 Å². The fourth-order valence-corrected chi connectivity index (χ4v) is 2.26. The summed E-state index contributed by atoms with van der Waals surface area (Å²) in [6.45, 7) is 0. The van der Waals surface area contributed by atoms with E-state index >= 15 is 0 Å². The van der Waals surface area contributed by atoms with Gasteiger partial charge in [-0.25, -0.2) is 0 Å². The van der Waals surface area contributed by atoms with E-state index in [9.17, 15) is 4.79 Å². The Morgan fingerprint density at radius 3 is 2.89 bits per heavy atom. The highest BCUT2D eigenvalue weighted by atomic mass is 16.5. The molecule has 0 saturated heterocycles. The summed E-state index contributed by atoms with van der Waals surface area (Å²) in [4.78, 5) is 16.5. The molecule has 1 heterocycles. The number of hydrogen-bond acceptors (Lipinski definition) is 3. The number of aromatic nitrogens is 1. The zero-order valence-electron chi connectivity index (χ0n) is 10.6. The highest BCUT2D eigenvalue weighted by Gasteiger charge is 2.25. The van der Waals surface area contributed by atoms with Gasteiger partial charge in [0, 0.05) is 23.8 Å². The summed E-state index contributed by atoms with van der Waals surface area (Å²) in [7, 11) is 1.60. The van der Waals surface area contributed by atoms with Gasteiger partial charge in [0.25, 0.3) is 0 Å². The lowest BCUT2D eigenvalue weighted by Crippen LogP contribution is -1.96. The van der Waals surface area contributed by atoms with E-state index < -0.39 is 0 Å². The third-order valence-corrected chi connectivity index (χ3v) is 3.24. The molecule has 2 aromatic rings.